The number of carboxylic acid groups (broad SMARTS) is 1. The first-order valence-electron chi connectivity index (χ1n) is 11.6. The zero-order valence-electron chi connectivity index (χ0n) is 19.5. The molecule has 180 valence electrons. The molecule has 1 N–H and O–H groups in total. The molecule has 1 heterocycles. The highest BCUT2D eigenvalue weighted by atomic mass is 16.6. The van der Waals surface area contributed by atoms with E-state index in [0.29, 0.717) is 6.61 Å². The third-order valence-corrected chi connectivity index (χ3v) is 6.27. The molecule has 1 amide bonds. The lowest BCUT2D eigenvalue weighted by molar-refractivity contribution is -0.147. The van der Waals surface area contributed by atoms with E-state index in [4.69, 9.17) is 9.47 Å². The van der Waals surface area contributed by atoms with Crippen molar-refractivity contribution in [3.63, 3.8) is 0 Å². The van der Waals surface area contributed by atoms with Crippen molar-refractivity contribution < 1.29 is 24.2 Å². The van der Waals surface area contributed by atoms with Gasteiger partial charge >= 0.3 is 12.1 Å². The van der Waals surface area contributed by atoms with E-state index >= 15 is 0 Å². The number of benzene rings is 3. The molecule has 1 saturated heterocycles. The van der Waals surface area contributed by atoms with E-state index in [0.717, 1.165) is 22.3 Å². The SMILES string of the molecule is C=CCO[C@H]1C[C@@H](C(=O)O)N(C(=O)OCc2ccccc2)C[C@@H]1c1ccc(-c2ccccc2)cc1. The number of carbonyl (C=O) groups is 2. The lowest BCUT2D eigenvalue weighted by Crippen LogP contribution is -2.55. The molecule has 0 aliphatic carbocycles. The van der Waals surface area contributed by atoms with Crippen LogP contribution in [0.3, 0.4) is 0 Å². The fourth-order valence-electron chi connectivity index (χ4n) is 4.46. The number of aliphatic carboxylic acids is 1. The van der Waals surface area contributed by atoms with E-state index in [1.54, 1.807) is 6.08 Å². The Labute approximate surface area is 205 Å². The number of rotatable bonds is 8. The Morgan fingerprint density at radius 2 is 1.57 bits per heavy atom. The normalized spacial score (nSPS) is 19.7. The van der Waals surface area contributed by atoms with Crippen LogP contribution >= 0.6 is 0 Å². The van der Waals surface area contributed by atoms with Crippen LogP contribution in [0.25, 0.3) is 11.1 Å². The maximum absolute atomic E-state index is 13.0. The van der Waals surface area contributed by atoms with E-state index in [1.807, 2.05) is 84.9 Å². The summed E-state index contributed by atoms with van der Waals surface area (Å²) in [5.41, 5.74) is 4.00. The summed E-state index contributed by atoms with van der Waals surface area (Å²) < 4.78 is 11.5. The van der Waals surface area contributed by atoms with E-state index in [-0.39, 0.29) is 31.6 Å². The van der Waals surface area contributed by atoms with Crippen LogP contribution in [0.15, 0.2) is 97.6 Å². The fourth-order valence-corrected chi connectivity index (χ4v) is 4.46. The molecule has 0 radical (unpaired) electrons. The monoisotopic (exact) mass is 471 g/mol. The van der Waals surface area contributed by atoms with Crippen LogP contribution in [0.1, 0.15) is 23.5 Å². The molecule has 1 aliphatic rings. The van der Waals surface area contributed by atoms with E-state index in [1.165, 1.54) is 4.90 Å². The van der Waals surface area contributed by atoms with Gasteiger partial charge in [0.2, 0.25) is 0 Å². The largest absolute Gasteiger partial charge is 0.480 e. The molecule has 3 aromatic rings. The summed E-state index contributed by atoms with van der Waals surface area (Å²) in [5, 5.41) is 9.88. The number of ether oxygens (including phenoxy) is 2. The summed E-state index contributed by atoms with van der Waals surface area (Å²) >= 11 is 0. The van der Waals surface area contributed by atoms with Crippen molar-refractivity contribution in [2.75, 3.05) is 13.2 Å². The predicted molar refractivity (Wildman–Crippen MR) is 134 cm³/mol. The highest BCUT2D eigenvalue weighted by Gasteiger charge is 2.43. The molecule has 1 aliphatic heterocycles. The topological polar surface area (TPSA) is 76.1 Å². The minimum absolute atomic E-state index is 0.0787. The maximum Gasteiger partial charge on any atom is 0.410 e. The summed E-state index contributed by atoms with van der Waals surface area (Å²) in [5.74, 6) is -1.29. The Hall–Kier alpha value is -3.90. The van der Waals surface area contributed by atoms with Gasteiger partial charge in [-0.05, 0) is 22.3 Å². The maximum atomic E-state index is 13.0. The molecular weight excluding hydrogens is 442 g/mol. The first-order chi connectivity index (χ1) is 17.1. The third-order valence-electron chi connectivity index (χ3n) is 6.27. The van der Waals surface area contributed by atoms with Crippen LogP contribution in [-0.4, -0.2) is 47.4 Å². The zero-order valence-corrected chi connectivity index (χ0v) is 19.5. The minimum atomic E-state index is -1.08. The average molecular weight is 472 g/mol. The number of carbonyl (C=O) groups excluding carboxylic acids is 1. The molecule has 6 nitrogen and oxygen atoms in total. The molecule has 0 aromatic heterocycles. The number of carboxylic acids is 1. The summed E-state index contributed by atoms with van der Waals surface area (Å²) in [6, 6.07) is 26.5. The van der Waals surface area contributed by atoms with Crippen molar-refractivity contribution in [2.45, 2.75) is 31.1 Å². The van der Waals surface area contributed by atoms with Gasteiger partial charge in [0.25, 0.3) is 0 Å². The Morgan fingerprint density at radius 1 is 0.943 bits per heavy atom. The molecule has 3 aromatic carbocycles. The number of likely N-dealkylation sites (tertiary alicyclic amines) is 1. The van der Waals surface area contributed by atoms with Crippen LogP contribution in [0, 0.1) is 0 Å². The zero-order chi connectivity index (χ0) is 24.6. The standard InChI is InChI=1S/C29H29NO5/c1-2-17-34-27-18-26(28(31)32)30(29(33)35-20-21-9-5-3-6-10-21)19-25(27)24-15-13-23(14-16-24)22-11-7-4-8-12-22/h2-16,25-27H,1,17-20H2,(H,31,32)/t25-,26+,27+/m1/s1. The van der Waals surface area contributed by atoms with Crippen molar-refractivity contribution >= 4 is 12.1 Å². The van der Waals surface area contributed by atoms with Crippen LogP contribution < -0.4 is 0 Å². The van der Waals surface area contributed by atoms with Gasteiger partial charge in [-0.3, -0.25) is 4.90 Å². The molecular formula is C29H29NO5. The Bertz CT molecular complexity index is 1130. The van der Waals surface area contributed by atoms with E-state index in [9.17, 15) is 14.7 Å². The minimum Gasteiger partial charge on any atom is -0.480 e. The Balaban J connectivity index is 1.56. The highest BCUT2D eigenvalue weighted by molar-refractivity contribution is 5.80. The van der Waals surface area contributed by atoms with Gasteiger partial charge in [0.15, 0.2) is 0 Å². The Kier molecular flexibility index (Phi) is 7.95. The van der Waals surface area contributed by atoms with Crippen LogP contribution in [0.2, 0.25) is 0 Å². The fraction of sp³-hybridized carbons (Fsp3) is 0.241. The second kappa shape index (κ2) is 11.5. The summed E-state index contributed by atoms with van der Waals surface area (Å²) in [6.45, 7) is 4.27. The average Bonchev–Trinajstić information content (AvgIpc) is 2.91. The molecule has 35 heavy (non-hydrogen) atoms. The van der Waals surface area contributed by atoms with Gasteiger partial charge in [-0.2, -0.15) is 0 Å². The summed E-state index contributed by atoms with van der Waals surface area (Å²) in [4.78, 5) is 26.4. The van der Waals surface area contributed by atoms with Crippen molar-refractivity contribution in [3.05, 3.63) is 109 Å². The van der Waals surface area contributed by atoms with Gasteiger partial charge in [0.1, 0.15) is 12.6 Å². The van der Waals surface area contributed by atoms with Crippen molar-refractivity contribution in [1.29, 1.82) is 0 Å². The molecule has 0 unspecified atom stereocenters. The molecule has 0 spiro atoms. The van der Waals surface area contributed by atoms with Gasteiger partial charge in [-0.25, -0.2) is 9.59 Å². The Morgan fingerprint density at radius 3 is 2.20 bits per heavy atom. The van der Waals surface area contributed by atoms with Gasteiger partial charge in [-0.1, -0.05) is 91.0 Å². The molecule has 4 rings (SSSR count). The predicted octanol–water partition coefficient (Wildman–Crippen LogP) is 5.50. The molecule has 0 bridgehead atoms. The number of hydrogen-bond acceptors (Lipinski definition) is 4. The second-order valence-electron chi connectivity index (χ2n) is 8.54. The summed E-state index contributed by atoms with van der Waals surface area (Å²) in [7, 11) is 0. The van der Waals surface area contributed by atoms with E-state index < -0.39 is 18.1 Å². The van der Waals surface area contributed by atoms with Gasteiger partial charge in [0, 0.05) is 18.9 Å². The number of amides is 1. The van der Waals surface area contributed by atoms with Crippen molar-refractivity contribution in [2.24, 2.45) is 0 Å². The molecule has 1 fully saturated rings. The van der Waals surface area contributed by atoms with Gasteiger partial charge in [-0.15, -0.1) is 6.58 Å². The molecule has 3 atom stereocenters. The first kappa shape index (κ1) is 24.2. The number of hydrogen-bond donors (Lipinski definition) is 1. The van der Waals surface area contributed by atoms with Crippen molar-refractivity contribution in [1.82, 2.24) is 4.90 Å². The summed E-state index contributed by atoms with van der Waals surface area (Å²) in [6.07, 6.45) is 0.782. The molecule has 0 saturated carbocycles. The number of nitrogens with zero attached hydrogens (tertiary/aromatic N) is 1. The second-order valence-corrected chi connectivity index (χ2v) is 8.54. The quantitative estimate of drug-likeness (QED) is 0.439. The van der Waals surface area contributed by atoms with E-state index in [2.05, 4.69) is 6.58 Å². The smallest absolute Gasteiger partial charge is 0.410 e. The molecule has 6 heteroatoms. The van der Waals surface area contributed by atoms with Crippen LogP contribution in [-0.2, 0) is 20.9 Å². The van der Waals surface area contributed by atoms with Gasteiger partial charge < -0.3 is 14.6 Å². The third kappa shape index (κ3) is 5.97. The van der Waals surface area contributed by atoms with Crippen molar-refractivity contribution in [3.8, 4) is 11.1 Å². The van der Waals surface area contributed by atoms with Crippen LogP contribution in [0.4, 0.5) is 4.79 Å². The number of piperidine rings is 1. The highest BCUT2D eigenvalue weighted by Crippen LogP contribution is 2.34. The van der Waals surface area contributed by atoms with Crippen LogP contribution in [0.5, 0.6) is 0 Å². The van der Waals surface area contributed by atoms with Gasteiger partial charge in [0.05, 0.1) is 12.7 Å². The lowest BCUT2D eigenvalue weighted by atomic mass is 9.84. The lowest BCUT2D eigenvalue weighted by Gasteiger charge is -2.41. The first-order valence-corrected chi connectivity index (χ1v) is 11.6.